The van der Waals surface area contributed by atoms with Crippen molar-refractivity contribution >= 4 is 17.6 Å². The molecule has 0 aliphatic rings. The predicted octanol–water partition coefficient (Wildman–Crippen LogP) is 3.28. The number of rotatable bonds is 7. The van der Waals surface area contributed by atoms with E-state index in [2.05, 4.69) is 15.5 Å². The number of carbonyl (C=O) groups excluding carboxylic acids is 2. The summed E-state index contributed by atoms with van der Waals surface area (Å²) in [6, 6.07) is 10.5. The zero-order valence-corrected chi connectivity index (χ0v) is 17.4. The number of nitrogens with zero attached hydrogens (tertiary/aromatic N) is 3. The van der Waals surface area contributed by atoms with E-state index in [1.165, 1.54) is 4.90 Å². The van der Waals surface area contributed by atoms with Crippen molar-refractivity contribution in [3.8, 4) is 5.75 Å². The van der Waals surface area contributed by atoms with E-state index in [4.69, 9.17) is 9.26 Å². The third kappa shape index (κ3) is 5.02. The Balaban J connectivity index is 1.66. The van der Waals surface area contributed by atoms with Crippen molar-refractivity contribution in [2.45, 2.75) is 27.4 Å². The van der Waals surface area contributed by atoms with Crippen LogP contribution >= 0.6 is 0 Å². The lowest BCUT2D eigenvalue weighted by atomic mass is 10.1. The molecule has 0 aliphatic heterocycles. The highest BCUT2D eigenvalue weighted by Crippen LogP contribution is 2.22. The van der Waals surface area contributed by atoms with Crippen molar-refractivity contribution in [1.29, 1.82) is 0 Å². The van der Waals surface area contributed by atoms with Crippen molar-refractivity contribution in [2.24, 2.45) is 0 Å². The number of aryl methyl sites for hydroxylation is 3. The summed E-state index contributed by atoms with van der Waals surface area (Å²) in [5.41, 5.74) is 2.94. The molecule has 0 bridgehead atoms. The average Bonchev–Trinajstić information content (AvgIpc) is 3.03. The van der Waals surface area contributed by atoms with E-state index >= 15 is 0 Å². The van der Waals surface area contributed by atoms with Gasteiger partial charge in [-0.05, 0) is 50.6 Å². The molecule has 30 heavy (non-hydrogen) atoms. The van der Waals surface area contributed by atoms with E-state index in [1.54, 1.807) is 43.6 Å². The number of ether oxygens (including phenoxy) is 1. The number of likely N-dealkylation sites (N-methyl/N-ethyl adjacent to an activating group) is 1. The first kappa shape index (κ1) is 21.0. The van der Waals surface area contributed by atoms with E-state index in [-0.39, 0.29) is 25.0 Å². The molecule has 0 atom stereocenters. The molecule has 0 saturated carbocycles. The number of aromatic nitrogens is 2. The first-order valence-corrected chi connectivity index (χ1v) is 9.46. The highest BCUT2D eigenvalue weighted by Gasteiger charge is 2.20. The average molecular weight is 408 g/mol. The molecule has 8 nitrogen and oxygen atoms in total. The van der Waals surface area contributed by atoms with Crippen molar-refractivity contribution in [3.05, 3.63) is 70.7 Å². The number of pyridine rings is 1. The summed E-state index contributed by atoms with van der Waals surface area (Å²) in [6.45, 7) is 5.67. The van der Waals surface area contributed by atoms with Gasteiger partial charge in [-0.3, -0.25) is 9.59 Å². The van der Waals surface area contributed by atoms with Crippen LogP contribution in [-0.2, 0) is 11.4 Å². The Morgan fingerprint density at radius 2 is 1.93 bits per heavy atom. The van der Waals surface area contributed by atoms with Crippen molar-refractivity contribution in [2.75, 3.05) is 18.9 Å². The van der Waals surface area contributed by atoms with Gasteiger partial charge in [-0.2, -0.15) is 0 Å². The van der Waals surface area contributed by atoms with Gasteiger partial charge in [0.15, 0.2) is 0 Å². The number of nitrogens with one attached hydrogen (secondary N) is 1. The van der Waals surface area contributed by atoms with E-state index in [9.17, 15) is 9.59 Å². The predicted molar refractivity (Wildman–Crippen MR) is 111 cm³/mol. The summed E-state index contributed by atoms with van der Waals surface area (Å²) in [5.74, 6) is 0.892. The Morgan fingerprint density at radius 1 is 1.17 bits per heavy atom. The largest absolute Gasteiger partial charge is 0.488 e. The minimum atomic E-state index is -0.335. The van der Waals surface area contributed by atoms with Crippen molar-refractivity contribution < 1.29 is 18.8 Å². The zero-order chi connectivity index (χ0) is 21.7. The van der Waals surface area contributed by atoms with Gasteiger partial charge in [0.1, 0.15) is 23.9 Å². The summed E-state index contributed by atoms with van der Waals surface area (Å²) in [7, 11) is 1.57. The van der Waals surface area contributed by atoms with Crippen LogP contribution in [0.2, 0.25) is 0 Å². The van der Waals surface area contributed by atoms with Crippen LogP contribution < -0.4 is 10.1 Å². The number of amides is 2. The van der Waals surface area contributed by atoms with E-state index in [1.807, 2.05) is 26.8 Å². The zero-order valence-electron chi connectivity index (χ0n) is 17.4. The summed E-state index contributed by atoms with van der Waals surface area (Å²) in [4.78, 5) is 30.7. The van der Waals surface area contributed by atoms with E-state index in [0.717, 1.165) is 16.8 Å². The number of anilines is 1. The third-order valence-electron chi connectivity index (χ3n) is 4.58. The summed E-state index contributed by atoms with van der Waals surface area (Å²) in [6.07, 6.45) is 1.62. The second-order valence-corrected chi connectivity index (χ2v) is 7.02. The second kappa shape index (κ2) is 9.21. The molecule has 0 unspecified atom stereocenters. The van der Waals surface area contributed by atoms with Gasteiger partial charge in [-0.25, -0.2) is 4.98 Å². The van der Waals surface area contributed by atoms with E-state index in [0.29, 0.717) is 22.9 Å². The maximum absolute atomic E-state index is 12.9. The van der Waals surface area contributed by atoms with Crippen LogP contribution in [0.15, 0.2) is 47.1 Å². The monoisotopic (exact) mass is 408 g/mol. The van der Waals surface area contributed by atoms with Crippen LogP contribution in [0.25, 0.3) is 0 Å². The van der Waals surface area contributed by atoms with Gasteiger partial charge in [-0.15, -0.1) is 0 Å². The summed E-state index contributed by atoms with van der Waals surface area (Å²) in [5, 5.41) is 6.61. The number of hydrogen-bond acceptors (Lipinski definition) is 6. The Kier molecular flexibility index (Phi) is 6.46. The second-order valence-electron chi connectivity index (χ2n) is 7.02. The van der Waals surface area contributed by atoms with Gasteiger partial charge in [0.2, 0.25) is 5.91 Å². The molecular formula is C22H24N4O4. The molecule has 3 rings (SSSR count). The fourth-order valence-corrected chi connectivity index (χ4v) is 2.91. The fraction of sp³-hybridized carbons (Fsp3) is 0.273. The molecule has 0 radical (unpaired) electrons. The molecule has 1 N–H and O–H groups in total. The number of para-hydroxylation sites is 1. The number of carbonyl (C=O) groups is 2. The smallest absolute Gasteiger partial charge is 0.257 e. The topological polar surface area (TPSA) is 97.6 Å². The highest BCUT2D eigenvalue weighted by molar-refractivity contribution is 6.00. The lowest BCUT2D eigenvalue weighted by Crippen LogP contribution is -2.35. The minimum absolute atomic E-state index is 0.118. The maximum atomic E-state index is 12.9. The quantitative estimate of drug-likeness (QED) is 0.644. The maximum Gasteiger partial charge on any atom is 0.257 e. The molecular weight excluding hydrogens is 384 g/mol. The summed E-state index contributed by atoms with van der Waals surface area (Å²) < 4.78 is 11.0. The molecule has 8 heteroatoms. The minimum Gasteiger partial charge on any atom is -0.488 e. The van der Waals surface area contributed by atoms with Gasteiger partial charge < -0.3 is 19.5 Å². The SMILES string of the molecule is Cc1ccnc(NC(=O)CN(C)C(=O)c2ccccc2OCc2c(C)noc2C)c1. The lowest BCUT2D eigenvalue weighted by Gasteiger charge is -2.19. The first-order valence-electron chi connectivity index (χ1n) is 9.46. The highest BCUT2D eigenvalue weighted by atomic mass is 16.5. The lowest BCUT2D eigenvalue weighted by molar-refractivity contribution is -0.116. The van der Waals surface area contributed by atoms with Gasteiger partial charge in [0.05, 0.1) is 23.4 Å². The summed E-state index contributed by atoms with van der Waals surface area (Å²) >= 11 is 0. The Bertz CT molecular complexity index is 1040. The molecule has 0 saturated heterocycles. The Labute approximate surface area is 174 Å². The van der Waals surface area contributed by atoms with Crippen LogP contribution in [0.3, 0.4) is 0 Å². The molecule has 0 fully saturated rings. The molecule has 2 aromatic heterocycles. The Hall–Kier alpha value is -3.68. The van der Waals surface area contributed by atoms with Crippen molar-refractivity contribution in [1.82, 2.24) is 15.0 Å². The number of benzene rings is 1. The van der Waals surface area contributed by atoms with Crippen molar-refractivity contribution in [3.63, 3.8) is 0 Å². The van der Waals surface area contributed by atoms with Gasteiger partial charge in [0.25, 0.3) is 5.91 Å². The van der Waals surface area contributed by atoms with Crippen LogP contribution in [-0.4, -0.2) is 40.4 Å². The van der Waals surface area contributed by atoms with Crippen LogP contribution in [0.4, 0.5) is 5.82 Å². The molecule has 1 aromatic carbocycles. The van der Waals surface area contributed by atoms with Gasteiger partial charge >= 0.3 is 0 Å². The van der Waals surface area contributed by atoms with Crippen LogP contribution in [0.5, 0.6) is 5.75 Å². The number of hydrogen-bond donors (Lipinski definition) is 1. The molecule has 2 heterocycles. The molecule has 3 aromatic rings. The molecule has 156 valence electrons. The fourth-order valence-electron chi connectivity index (χ4n) is 2.91. The van der Waals surface area contributed by atoms with Crippen LogP contribution in [0.1, 0.15) is 32.9 Å². The van der Waals surface area contributed by atoms with Gasteiger partial charge in [0, 0.05) is 13.2 Å². The molecule has 0 spiro atoms. The molecule has 2 amide bonds. The van der Waals surface area contributed by atoms with E-state index < -0.39 is 0 Å². The van der Waals surface area contributed by atoms with Crippen LogP contribution in [0, 0.1) is 20.8 Å². The van der Waals surface area contributed by atoms with Gasteiger partial charge in [-0.1, -0.05) is 17.3 Å². The third-order valence-corrected chi connectivity index (χ3v) is 4.58. The first-order chi connectivity index (χ1) is 14.3. The standard InChI is InChI=1S/C22H24N4O4/c1-14-9-10-23-20(11-14)24-21(27)12-26(4)22(28)17-7-5-6-8-19(17)29-13-18-15(2)25-30-16(18)3/h5-11H,12-13H2,1-4H3,(H,23,24,27). The normalized spacial score (nSPS) is 10.5. The Morgan fingerprint density at radius 3 is 2.63 bits per heavy atom. The molecule has 0 aliphatic carbocycles.